The fraction of sp³-hybridized carbons (Fsp3) is 0.625. The minimum atomic E-state index is -0.295. The summed E-state index contributed by atoms with van der Waals surface area (Å²) in [4.78, 5) is 0. The second-order valence-electron chi connectivity index (χ2n) is 6.83. The van der Waals surface area contributed by atoms with E-state index >= 15 is 0 Å². The normalized spacial score (nSPS) is 28.3. The van der Waals surface area contributed by atoms with Gasteiger partial charge in [0.25, 0.3) is 0 Å². The van der Waals surface area contributed by atoms with Crippen molar-refractivity contribution in [3.05, 3.63) is 29.8 Å². The Labute approximate surface area is 116 Å². The summed E-state index contributed by atoms with van der Waals surface area (Å²) < 4.78 is 6.20. The van der Waals surface area contributed by atoms with Crippen molar-refractivity contribution in [3.63, 3.8) is 0 Å². The molecule has 0 aliphatic carbocycles. The van der Waals surface area contributed by atoms with Gasteiger partial charge >= 0.3 is 0 Å². The van der Waals surface area contributed by atoms with Crippen molar-refractivity contribution in [3.8, 4) is 0 Å². The maximum atomic E-state index is 6.20. The van der Waals surface area contributed by atoms with Gasteiger partial charge in [-0.15, -0.1) is 0 Å². The molecule has 1 aromatic rings. The van der Waals surface area contributed by atoms with Crippen LogP contribution < -0.4 is 11.1 Å². The molecule has 3 N–H and O–H groups in total. The number of nitrogens with two attached hydrogens (primary N) is 1. The SMILES string of the molecule is Cc1ccc(NC2(CN)CC(C)(C)OC2(C)C)cc1. The van der Waals surface area contributed by atoms with Gasteiger partial charge < -0.3 is 15.8 Å². The van der Waals surface area contributed by atoms with Gasteiger partial charge in [0.1, 0.15) is 0 Å². The Morgan fingerprint density at radius 1 is 1.16 bits per heavy atom. The maximum Gasteiger partial charge on any atom is 0.0875 e. The van der Waals surface area contributed by atoms with Crippen molar-refractivity contribution in [2.24, 2.45) is 5.73 Å². The number of aryl methyl sites for hydroxylation is 1. The van der Waals surface area contributed by atoms with Crippen LogP contribution in [0.4, 0.5) is 5.69 Å². The molecule has 0 aromatic heterocycles. The van der Waals surface area contributed by atoms with Crippen LogP contribution in [0.15, 0.2) is 24.3 Å². The van der Waals surface area contributed by atoms with E-state index in [2.05, 4.69) is 64.2 Å². The molecule has 1 fully saturated rings. The topological polar surface area (TPSA) is 47.3 Å². The quantitative estimate of drug-likeness (QED) is 0.880. The lowest BCUT2D eigenvalue weighted by molar-refractivity contribution is -0.0753. The molecule has 1 aliphatic heterocycles. The Hall–Kier alpha value is -1.06. The van der Waals surface area contributed by atoms with Crippen LogP contribution in [0.1, 0.15) is 39.7 Å². The second-order valence-corrected chi connectivity index (χ2v) is 6.83. The average molecular weight is 262 g/mol. The standard InChI is InChI=1S/C16H26N2O/c1-12-6-8-13(9-7-12)18-16(11-17)10-14(2,3)19-15(16,4)5/h6-9,18H,10-11,17H2,1-5H3. The van der Waals surface area contributed by atoms with Crippen LogP contribution in [0.5, 0.6) is 0 Å². The molecule has 1 aliphatic rings. The van der Waals surface area contributed by atoms with Gasteiger partial charge in [0.05, 0.1) is 16.7 Å². The molecule has 0 saturated carbocycles. The van der Waals surface area contributed by atoms with E-state index in [-0.39, 0.29) is 16.7 Å². The summed E-state index contributed by atoms with van der Waals surface area (Å²) in [5, 5.41) is 3.63. The minimum Gasteiger partial charge on any atom is -0.375 e. The van der Waals surface area contributed by atoms with Gasteiger partial charge in [-0.05, 0) is 46.8 Å². The Balaban J connectivity index is 2.30. The molecule has 19 heavy (non-hydrogen) atoms. The highest BCUT2D eigenvalue weighted by Gasteiger charge is 2.56. The number of hydrogen-bond donors (Lipinski definition) is 2. The molecule has 1 aromatic carbocycles. The Morgan fingerprint density at radius 2 is 1.74 bits per heavy atom. The number of anilines is 1. The number of nitrogens with one attached hydrogen (secondary N) is 1. The van der Waals surface area contributed by atoms with E-state index in [1.165, 1.54) is 5.56 Å². The highest BCUT2D eigenvalue weighted by Crippen LogP contribution is 2.46. The first kappa shape index (κ1) is 14.4. The molecule has 1 atom stereocenters. The molecular weight excluding hydrogens is 236 g/mol. The van der Waals surface area contributed by atoms with E-state index in [0.29, 0.717) is 6.54 Å². The summed E-state index contributed by atoms with van der Waals surface area (Å²) in [6.45, 7) is 11.1. The van der Waals surface area contributed by atoms with E-state index < -0.39 is 0 Å². The van der Waals surface area contributed by atoms with E-state index in [1.54, 1.807) is 0 Å². The van der Waals surface area contributed by atoms with E-state index in [9.17, 15) is 0 Å². The number of benzene rings is 1. The molecule has 0 amide bonds. The Morgan fingerprint density at radius 3 is 2.16 bits per heavy atom. The summed E-state index contributed by atoms with van der Waals surface area (Å²) in [6.07, 6.45) is 0.900. The highest BCUT2D eigenvalue weighted by atomic mass is 16.5. The molecule has 0 radical (unpaired) electrons. The second kappa shape index (κ2) is 4.50. The zero-order valence-corrected chi connectivity index (χ0v) is 12.7. The summed E-state index contributed by atoms with van der Waals surface area (Å²) >= 11 is 0. The summed E-state index contributed by atoms with van der Waals surface area (Å²) in [5.74, 6) is 0. The molecule has 1 unspecified atom stereocenters. The molecule has 1 heterocycles. The van der Waals surface area contributed by atoms with Crippen LogP contribution in [0.2, 0.25) is 0 Å². The highest BCUT2D eigenvalue weighted by molar-refractivity contribution is 5.48. The molecule has 0 bridgehead atoms. The summed E-state index contributed by atoms with van der Waals surface area (Å²) in [5.41, 5.74) is 7.78. The minimum absolute atomic E-state index is 0.152. The third-order valence-corrected chi connectivity index (χ3v) is 4.20. The van der Waals surface area contributed by atoms with E-state index in [1.807, 2.05) is 0 Å². The van der Waals surface area contributed by atoms with Crippen molar-refractivity contribution in [1.29, 1.82) is 0 Å². The van der Waals surface area contributed by atoms with Gasteiger partial charge in [0.2, 0.25) is 0 Å². The molecule has 3 heteroatoms. The van der Waals surface area contributed by atoms with Gasteiger partial charge in [0.15, 0.2) is 0 Å². The Kier molecular flexibility index (Phi) is 3.40. The van der Waals surface area contributed by atoms with Crippen LogP contribution in [0, 0.1) is 6.92 Å². The van der Waals surface area contributed by atoms with Crippen molar-refractivity contribution in [1.82, 2.24) is 0 Å². The summed E-state index contributed by atoms with van der Waals surface area (Å²) in [7, 11) is 0. The number of hydrogen-bond acceptors (Lipinski definition) is 3. The lowest BCUT2D eigenvalue weighted by Crippen LogP contribution is -2.57. The van der Waals surface area contributed by atoms with Gasteiger partial charge in [0, 0.05) is 18.7 Å². The fourth-order valence-electron chi connectivity index (χ4n) is 3.24. The van der Waals surface area contributed by atoms with Crippen molar-refractivity contribution < 1.29 is 4.74 Å². The predicted molar refractivity (Wildman–Crippen MR) is 80.4 cm³/mol. The number of rotatable bonds is 3. The molecule has 3 nitrogen and oxygen atoms in total. The predicted octanol–water partition coefficient (Wildman–Crippen LogP) is 3.08. The van der Waals surface area contributed by atoms with Crippen molar-refractivity contribution >= 4 is 5.69 Å². The zero-order chi connectivity index (χ0) is 14.3. The van der Waals surface area contributed by atoms with Gasteiger partial charge in [-0.25, -0.2) is 0 Å². The van der Waals surface area contributed by atoms with Crippen LogP contribution >= 0.6 is 0 Å². The zero-order valence-electron chi connectivity index (χ0n) is 12.7. The average Bonchev–Trinajstić information content (AvgIpc) is 2.47. The van der Waals surface area contributed by atoms with Crippen LogP contribution in [0.3, 0.4) is 0 Å². The lowest BCUT2D eigenvalue weighted by Gasteiger charge is -2.40. The molecule has 106 valence electrons. The number of ether oxygens (including phenoxy) is 1. The molecule has 2 rings (SSSR count). The van der Waals surface area contributed by atoms with Gasteiger partial charge in [-0.1, -0.05) is 17.7 Å². The van der Waals surface area contributed by atoms with Crippen LogP contribution in [0.25, 0.3) is 0 Å². The van der Waals surface area contributed by atoms with Crippen LogP contribution in [-0.2, 0) is 4.74 Å². The van der Waals surface area contributed by atoms with Crippen LogP contribution in [-0.4, -0.2) is 23.3 Å². The lowest BCUT2D eigenvalue weighted by atomic mass is 9.78. The molecular formula is C16H26N2O. The smallest absolute Gasteiger partial charge is 0.0875 e. The molecule has 1 saturated heterocycles. The van der Waals surface area contributed by atoms with E-state index in [4.69, 9.17) is 10.5 Å². The molecule has 0 spiro atoms. The first-order valence-electron chi connectivity index (χ1n) is 6.95. The fourth-order valence-corrected chi connectivity index (χ4v) is 3.24. The van der Waals surface area contributed by atoms with Crippen molar-refractivity contribution in [2.75, 3.05) is 11.9 Å². The monoisotopic (exact) mass is 262 g/mol. The third kappa shape index (κ3) is 2.63. The van der Waals surface area contributed by atoms with Crippen molar-refractivity contribution in [2.45, 2.75) is 57.8 Å². The largest absolute Gasteiger partial charge is 0.375 e. The van der Waals surface area contributed by atoms with Gasteiger partial charge in [-0.2, -0.15) is 0 Å². The first-order chi connectivity index (χ1) is 8.70. The van der Waals surface area contributed by atoms with E-state index in [0.717, 1.165) is 12.1 Å². The Bertz CT molecular complexity index is 450. The van der Waals surface area contributed by atoms with Gasteiger partial charge in [-0.3, -0.25) is 0 Å². The first-order valence-corrected chi connectivity index (χ1v) is 6.95. The maximum absolute atomic E-state index is 6.20. The summed E-state index contributed by atoms with van der Waals surface area (Å²) in [6, 6.07) is 8.43. The third-order valence-electron chi connectivity index (χ3n) is 4.20.